The minimum atomic E-state index is -4.65. The molecule has 0 fully saturated rings. The third-order valence-corrected chi connectivity index (χ3v) is 4.16. The van der Waals surface area contributed by atoms with E-state index in [1.807, 2.05) is 30.3 Å². The molecule has 2 aromatic carbocycles. The molecule has 6 heteroatoms. The Morgan fingerprint density at radius 3 is 2.04 bits per heavy atom. The average molecular weight is 358 g/mol. The van der Waals surface area contributed by atoms with Crippen molar-refractivity contribution in [1.82, 2.24) is 4.57 Å². The molecule has 2 N–H and O–H groups in total. The summed E-state index contributed by atoms with van der Waals surface area (Å²) >= 11 is 0. The molecule has 0 bridgehead atoms. The molecule has 0 aliphatic heterocycles. The highest BCUT2D eigenvalue weighted by Gasteiger charge is 2.35. The summed E-state index contributed by atoms with van der Waals surface area (Å²) in [6, 6.07) is 18.7. The topological polar surface area (TPSA) is 48.0 Å². The molecule has 0 aliphatic rings. The normalized spacial score (nSPS) is 11.5. The zero-order chi connectivity index (χ0) is 18.7. The SMILES string of the molecule is NCc1c(C(F)(F)F)cc(-c2ccccc2)n(Cc2ccccc2)c1=O. The maximum atomic E-state index is 13.5. The van der Waals surface area contributed by atoms with Crippen LogP contribution in [-0.2, 0) is 19.3 Å². The van der Waals surface area contributed by atoms with Gasteiger partial charge in [-0.25, -0.2) is 0 Å². The number of nitrogens with two attached hydrogens (primary N) is 1. The van der Waals surface area contributed by atoms with Crippen LogP contribution in [0.5, 0.6) is 0 Å². The van der Waals surface area contributed by atoms with Crippen molar-refractivity contribution in [1.29, 1.82) is 0 Å². The molecule has 0 unspecified atom stereocenters. The van der Waals surface area contributed by atoms with Gasteiger partial charge in [-0.15, -0.1) is 0 Å². The van der Waals surface area contributed by atoms with E-state index in [-0.39, 0.29) is 12.2 Å². The maximum absolute atomic E-state index is 13.5. The number of nitrogens with zero attached hydrogens (tertiary/aromatic N) is 1. The smallest absolute Gasteiger partial charge is 0.326 e. The zero-order valence-corrected chi connectivity index (χ0v) is 13.8. The quantitative estimate of drug-likeness (QED) is 0.765. The molecule has 3 aromatic rings. The Kier molecular flexibility index (Phi) is 4.95. The van der Waals surface area contributed by atoms with E-state index in [4.69, 9.17) is 5.73 Å². The molecule has 1 heterocycles. The highest BCUT2D eigenvalue weighted by Crippen LogP contribution is 2.33. The van der Waals surface area contributed by atoms with Gasteiger partial charge in [-0.05, 0) is 17.2 Å². The van der Waals surface area contributed by atoms with Crippen LogP contribution in [0.1, 0.15) is 16.7 Å². The van der Waals surface area contributed by atoms with Gasteiger partial charge in [0.25, 0.3) is 5.56 Å². The van der Waals surface area contributed by atoms with E-state index in [1.54, 1.807) is 30.3 Å². The molecular weight excluding hydrogens is 341 g/mol. The first-order valence-corrected chi connectivity index (χ1v) is 8.05. The minimum Gasteiger partial charge on any atom is -0.326 e. The monoisotopic (exact) mass is 358 g/mol. The molecular formula is C20H17F3N2O. The number of hydrogen-bond acceptors (Lipinski definition) is 2. The summed E-state index contributed by atoms with van der Waals surface area (Å²) in [4.78, 5) is 12.8. The van der Waals surface area contributed by atoms with Crippen LogP contribution >= 0.6 is 0 Å². The van der Waals surface area contributed by atoms with Crippen molar-refractivity contribution < 1.29 is 13.2 Å². The zero-order valence-electron chi connectivity index (χ0n) is 13.8. The summed E-state index contributed by atoms with van der Waals surface area (Å²) < 4.78 is 41.7. The van der Waals surface area contributed by atoms with Gasteiger partial charge in [-0.2, -0.15) is 13.2 Å². The lowest BCUT2D eigenvalue weighted by atomic mass is 10.0. The number of aromatic nitrogens is 1. The molecule has 3 rings (SSSR count). The molecule has 0 saturated heterocycles. The molecule has 0 amide bonds. The van der Waals surface area contributed by atoms with Gasteiger partial charge in [-0.1, -0.05) is 60.7 Å². The van der Waals surface area contributed by atoms with Crippen LogP contribution in [0.2, 0.25) is 0 Å². The average Bonchev–Trinajstić information content (AvgIpc) is 2.63. The van der Waals surface area contributed by atoms with Crippen LogP contribution in [-0.4, -0.2) is 4.57 Å². The number of rotatable bonds is 4. The summed E-state index contributed by atoms with van der Waals surface area (Å²) in [6.07, 6.45) is -4.65. The molecule has 0 aliphatic carbocycles. The van der Waals surface area contributed by atoms with Crippen molar-refractivity contribution >= 4 is 0 Å². The van der Waals surface area contributed by atoms with Crippen molar-refractivity contribution in [2.45, 2.75) is 19.3 Å². The molecule has 0 radical (unpaired) electrons. The Labute approximate surface area is 148 Å². The predicted octanol–water partition coefficient (Wildman–Crippen LogP) is 4.04. The van der Waals surface area contributed by atoms with Crippen molar-refractivity contribution in [2.24, 2.45) is 5.73 Å². The van der Waals surface area contributed by atoms with Crippen LogP contribution in [0.15, 0.2) is 71.5 Å². The summed E-state index contributed by atoms with van der Waals surface area (Å²) in [5, 5.41) is 0. The van der Waals surface area contributed by atoms with E-state index in [2.05, 4.69) is 0 Å². The van der Waals surface area contributed by atoms with E-state index >= 15 is 0 Å². The number of halogens is 3. The number of alkyl halides is 3. The summed E-state index contributed by atoms with van der Waals surface area (Å²) in [5.41, 5.74) is 4.93. The van der Waals surface area contributed by atoms with Crippen LogP contribution in [0.25, 0.3) is 11.3 Å². The lowest BCUT2D eigenvalue weighted by molar-refractivity contribution is -0.138. The van der Waals surface area contributed by atoms with Gasteiger partial charge in [-0.3, -0.25) is 4.79 Å². The Balaban J connectivity index is 2.29. The van der Waals surface area contributed by atoms with Crippen molar-refractivity contribution in [3.63, 3.8) is 0 Å². The predicted molar refractivity (Wildman–Crippen MR) is 94.6 cm³/mol. The first-order chi connectivity index (χ1) is 12.4. The van der Waals surface area contributed by atoms with E-state index in [0.717, 1.165) is 11.6 Å². The third-order valence-electron chi connectivity index (χ3n) is 4.16. The van der Waals surface area contributed by atoms with Gasteiger partial charge in [0.05, 0.1) is 17.8 Å². The first kappa shape index (κ1) is 17.9. The molecule has 134 valence electrons. The number of benzene rings is 2. The highest BCUT2D eigenvalue weighted by molar-refractivity contribution is 5.61. The second-order valence-electron chi connectivity index (χ2n) is 5.87. The Morgan fingerprint density at radius 1 is 0.923 bits per heavy atom. The van der Waals surface area contributed by atoms with Gasteiger partial charge in [0.2, 0.25) is 0 Å². The van der Waals surface area contributed by atoms with E-state index in [1.165, 1.54) is 4.57 Å². The number of pyridine rings is 1. The lowest BCUT2D eigenvalue weighted by Gasteiger charge is -2.19. The number of hydrogen-bond donors (Lipinski definition) is 1. The Bertz CT molecular complexity index is 949. The lowest BCUT2D eigenvalue weighted by Crippen LogP contribution is -2.31. The van der Waals surface area contributed by atoms with Crippen LogP contribution in [0.4, 0.5) is 13.2 Å². The van der Waals surface area contributed by atoms with Crippen LogP contribution < -0.4 is 11.3 Å². The summed E-state index contributed by atoms with van der Waals surface area (Å²) in [6.45, 7) is -0.313. The van der Waals surface area contributed by atoms with Crippen molar-refractivity contribution in [2.75, 3.05) is 0 Å². The second kappa shape index (κ2) is 7.17. The molecule has 1 aromatic heterocycles. The van der Waals surface area contributed by atoms with Crippen molar-refractivity contribution in [3.8, 4) is 11.3 Å². The minimum absolute atomic E-state index is 0.162. The van der Waals surface area contributed by atoms with Crippen LogP contribution in [0, 0.1) is 0 Å². The second-order valence-corrected chi connectivity index (χ2v) is 5.87. The highest BCUT2D eigenvalue weighted by atomic mass is 19.4. The van der Waals surface area contributed by atoms with Gasteiger partial charge >= 0.3 is 6.18 Å². The van der Waals surface area contributed by atoms with Gasteiger partial charge < -0.3 is 10.3 Å². The fourth-order valence-electron chi connectivity index (χ4n) is 2.91. The standard InChI is InChI=1S/C20H17F3N2O/c21-20(22,23)17-11-18(15-9-5-2-6-10-15)25(19(26)16(17)12-24)13-14-7-3-1-4-8-14/h1-11H,12-13,24H2. The van der Waals surface area contributed by atoms with Gasteiger partial charge in [0, 0.05) is 12.1 Å². The van der Waals surface area contributed by atoms with Crippen LogP contribution in [0.3, 0.4) is 0 Å². The maximum Gasteiger partial charge on any atom is 0.416 e. The fourth-order valence-corrected chi connectivity index (χ4v) is 2.91. The molecule has 0 atom stereocenters. The third kappa shape index (κ3) is 3.55. The fraction of sp³-hybridized carbons (Fsp3) is 0.150. The summed E-state index contributed by atoms with van der Waals surface area (Å²) in [5.74, 6) is 0. The summed E-state index contributed by atoms with van der Waals surface area (Å²) in [7, 11) is 0. The molecule has 3 nitrogen and oxygen atoms in total. The molecule has 0 spiro atoms. The van der Waals surface area contributed by atoms with E-state index < -0.39 is 29.4 Å². The first-order valence-electron chi connectivity index (χ1n) is 8.05. The van der Waals surface area contributed by atoms with E-state index in [0.29, 0.717) is 5.56 Å². The Hall–Kier alpha value is -2.86. The molecule has 0 saturated carbocycles. The van der Waals surface area contributed by atoms with Gasteiger partial charge in [0.15, 0.2) is 0 Å². The van der Waals surface area contributed by atoms with Crippen molar-refractivity contribution in [3.05, 3.63) is 93.8 Å². The molecule has 26 heavy (non-hydrogen) atoms. The van der Waals surface area contributed by atoms with E-state index in [9.17, 15) is 18.0 Å². The Morgan fingerprint density at radius 2 is 1.50 bits per heavy atom. The largest absolute Gasteiger partial charge is 0.416 e. The van der Waals surface area contributed by atoms with Gasteiger partial charge in [0.1, 0.15) is 0 Å².